The molecule has 1 aliphatic carbocycles. The number of aromatic amines is 1. The molecule has 0 saturated heterocycles. The third kappa shape index (κ3) is 4.03. The Morgan fingerprint density at radius 3 is 2.44 bits per heavy atom. The second-order valence-electron chi connectivity index (χ2n) is 7.26. The normalized spacial score (nSPS) is 21.7. The van der Waals surface area contributed by atoms with Crippen LogP contribution in [0.3, 0.4) is 0 Å². The first kappa shape index (κ1) is 22.8. The number of benzene rings is 1. The number of ether oxygens (including phenoxy) is 9. The van der Waals surface area contributed by atoms with E-state index in [1.54, 1.807) is 13.2 Å². The second-order valence-corrected chi connectivity index (χ2v) is 7.26. The molecule has 0 bridgehead atoms. The van der Waals surface area contributed by atoms with Crippen LogP contribution in [0.15, 0.2) is 10.9 Å². The SMILES string of the molecule is COCO[C@@H]1[C@@H](OCOC)Cc2c([nH]c(=O)c3c(OC)c4c(cc23)OCO4)[C@@H]1OCOC. The first-order valence-electron chi connectivity index (χ1n) is 10.0. The fraction of sp³-hybridized carbons (Fsp3) is 0.571. The van der Waals surface area contributed by atoms with Crippen LogP contribution in [-0.2, 0) is 34.8 Å². The third-order valence-corrected chi connectivity index (χ3v) is 5.45. The molecule has 1 aromatic heterocycles. The summed E-state index contributed by atoms with van der Waals surface area (Å²) < 4.78 is 49.8. The standard InChI is InChI=1S/C21H27NO10/c1-24-7-28-14-6-12-11-5-13-17(32-10-29-13)19(27-4)15(11)21(23)22-16(12)20(31-9-26-3)18(14)30-8-25-2/h5,14,18,20H,6-10H2,1-4H3,(H,22,23)/t14-,18+,20-/m0/s1. The Kier molecular flexibility index (Phi) is 7.13. The van der Waals surface area contributed by atoms with Crippen molar-refractivity contribution < 1.29 is 42.6 Å². The van der Waals surface area contributed by atoms with Gasteiger partial charge in [0.2, 0.25) is 12.5 Å². The highest BCUT2D eigenvalue weighted by atomic mass is 16.7. The number of hydrogen-bond donors (Lipinski definition) is 1. The van der Waals surface area contributed by atoms with Crippen LogP contribution in [-0.4, -0.2) is 72.8 Å². The van der Waals surface area contributed by atoms with Gasteiger partial charge in [-0.15, -0.1) is 0 Å². The van der Waals surface area contributed by atoms with Gasteiger partial charge in [-0.1, -0.05) is 0 Å². The molecule has 2 aliphatic rings. The molecule has 2 heterocycles. The average Bonchev–Trinajstić information content (AvgIpc) is 3.27. The number of H-pyrrole nitrogens is 1. The Morgan fingerprint density at radius 1 is 1.00 bits per heavy atom. The summed E-state index contributed by atoms with van der Waals surface area (Å²) in [6.07, 6.45) is -1.32. The van der Waals surface area contributed by atoms with E-state index in [0.29, 0.717) is 40.1 Å². The average molecular weight is 453 g/mol. The van der Waals surface area contributed by atoms with Crippen LogP contribution in [0.4, 0.5) is 0 Å². The predicted octanol–water partition coefficient (Wildman–Crippen LogP) is 1.46. The number of pyridine rings is 1. The first-order valence-corrected chi connectivity index (χ1v) is 10.0. The van der Waals surface area contributed by atoms with Gasteiger partial charge in [-0.2, -0.15) is 0 Å². The Hall–Kier alpha value is -2.41. The molecule has 0 spiro atoms. The van der Waals surface area contributed by atoms with Crippen molar-refractivity contribution in [3.8, 4) is 17.2 Å². The molecule has 0 amide bonds. The quantitative estimate of drug-likeness (QED) is 0.530. The van der Waals surface area contributed by atoms with E-state index in [1.807, 2.05) is 0 Å². The molecule has 176 valence electrons. The molecule has 3 atom stereocenters. The van der Waals surface area contributed by atoms with Crippen LogP contribution in [0, 0.1) is 0 Å². The Labute approximate surface area is 184 Å². The smallest absolute Gasteiger partial charge is 0.260 e. The molecule has 0 saturated carbocycles. The summed E-state index contributed by atoms with van der Waals surface area (Å²) in [7, 11) is 6.07. The minimum Gasteiger partial charge on any atom is -0.492 e. The zero-order valence-electron chi connectivity index (χ0n) is 18.4. The third-order valence-electron chi connectivity index (χ3n) is 5.45. The first-order chi connectivity index (χ1) is 15.6. The number of hydrogen-bond acceptors (Lipinski definition) is 10. The van der Waals surface area contributed by atoms with Gasteiger partial charge < -0.3 is 47.6 Å². The van der Waals surface area contributed by atoms with E-state index in [9.17, 15) is 4.79 Å². The second kappa shape index (κ2) is 10.0. The van der Waals surface area contributed by atoms with Crippen LogP contribution in [0.25, 0.3) is 10.8 Å². The molecular weight excluding hydrogens is 426 g/mol. The lowest BCUT2D eigenvalue weighted by atomic mass is 9.85. The van der Waals surface area contributed by atoms with Crippen molar-refractivity contribution in [2.24, 2.45) is 0 Å². The van der Waals surface area contributed by atoms with Gasteiger partial charge in [-0.05, 0) is 11.6 Å². The summed E-state index contributed by atoms with van der Waals surface area (Å²) in [5.41, 5.74) is 1.04. The monoisotopic (exact) mass is 453 g/mol. The summed E-state index contributed by atoms with van der Waals surface area (Å²) in [5, 5.41) is 1.02. The fourth-order valence-corrected chi connectivity index (χ4v) is 4.19. The molecule has 0 fully saturated rings. The fourth-order valence-electron chi connectivity index (χ4n) is 4.19. The zero-order valence-corrected chi connectivity index (χ0v) is 18.4. The van der Waals surface area contributed by atoms with Gasteiger partial charge in [0.05, 0.1) is 24.3 Å². The Balaban J connectivity index is 1.91. The van der Waals surface area contributed by atoms with Gasteiger partial charge in [0.1, 0.15) is 32.6 Å². The van der Waals surface area contributed by atoms with Crippen LogP contribution in [0.2, 0.25) is 0 Å². The summed E-state index contributed by atoms with van der Waals surface area (Å²) in [5.74, 6) is 1.23. The number of nitrogens with one attached hydrogen (secondary N) is 1. The van der Waals surface area contributed by atoms with Gasteiger partial charge in [-0.25, -0.2) is 0 Å². The van der Waals surface area contributed by atoms with Crippen molar-refractivity contribution in [1.82, 2.24) is 4.98 Å². The Morgan fingerprint density at radius 2 is 1.72 bits per heavy atom. The van der Waals surface area contributed by atoms with Crippen molar-refractivity contribution in [1.29, 1.82) is 0 Å². The highest BCUT2D eigenvalue weighted by molar-refractivity contribution is 5.95. The molecule has 11 heteroatoms. The summed E-state index contributed by atoms with van der Waals surface area (Å²) in [6, 6.07) is 1.78. The van der Waals surface area contributed by atoms with E-state index in [0.717, 1.165) is 5.56 Å². The molecule has 1 aliphatic heterocycles. The van der Waals surface area contributed by atoms with Crippen LogP contribution in [0.1, 0.15) is 17.4 Å². The molecule has 0 radical (unpaired) electrons. The number of rotatable bonds is 10. The van der Waals surface area contributed by atoms with E-state index in [1.165, 1.54) is 21.3 Å². The molecule has 2 aromatic rings. The summed E-state index contributed by atoms with van der Waals surface area (Å²) in [6.45, 7) is 0.109. The van der Waals surface area contributed by atoms with E-state index < -0.39 is 18.3 Å². The molecule has 1 N–H and O–H groups in total. The molecule has 0 unspecified atom stereocenters. The zero-order chi connectivity index (χ0) is 22.7. The lowest BCUT2D eigenvalue weighted by Crippen LogP contribution is -2.45. The predicted molar refractivity (Wildman–Crippen MR) is 110 cm³/mol. The van der Waals surface area contributed by atoms with Crippen molar-refractivity contribution in [3.05, 3.63) is 27.7 Å². The number of aromatic nitrogens is 1. The van der Waals surface area contributed by atoms with E-state index in [2.05, 4.69) is 4.98 Å². The van der Waals surface area contributed by atoms with Crippen molar-refractivity contribution in [3.63, 3.8) is 0 Å². The minimum atomic E-state index is -0.691. The van der Waals surface area contributed by atoms with Gasteiger partial charge in [0.25, 0.3) is 5.56 Å². The number of fused-ring (bicyclic) bond motifs is 4. The molecule has 4 rings (SSSR count). The van der Waals surface area contributed by atoms with Crippen molar-refractivity contribution in [2.75, 3.05) is 55.6 Å². The van der Waals surface area contributed by atoms with Crippen molar-refractivity contribution in [2.45, 2.75) is 24.7 Å². The summed E-state index contributed by atoms with van der Waals surface area (Å²) >= 11 is 0. The van der Waals surface area contributed by atoms with Crippen LogP contribution < -0.4 is 19.8 Å². The lowest BCUT2D eigenvalue weighted by Gasteiger charge is -2.38. The molecule has 1 aromatic carbocycles. The van der Waals surface area contributed by atoms with Crippen LogP contribution >= 0.6 is 0 Å². The van der Waals surface area contributed by atoms with Gasteiger partial charge in [0, 0.05) is 33.1 Å². The van der Waals surface area contributed by atoms with E-state index in [4.69, 9.17) is 42.6 Å². The van der Waals surface area contributed by atoms with Gasteiger partial charge >= 0.3 is 0 Å². The minimum absolute atomic E-state index is 0.0154. The lowest BCUT2D eigenvalue weighted by molar-refractivity contribution is -0.214. The van der Waals surface area contributed by atoms with E-state index in [-0.39, 0.29) is 32.7 Å². The maximum atomic E-state index is 13.2. The highest BCUT2D eigenvalue weighted by Crippen LogP contribution is 2.47. The maximum absolute atomic E-state index is 13.2. The van der Waals surface area contributed by atoms with E-state index >= 15 is 0 Å². The van der Waals surface area contributed by atoms with Gasteiger partial charge in [0.15, 0.2) is 11.5 Å². The molecular formula is C21H27NO10. The van der Waals surface area contributed by atoms with Crippen LogP contribution in [0.5, 0.6) is 17.2 Å². The molecule has 32 heavy (non-hydrogen) atoms. The highest BCUT2D eigenvalue weighted by Gasteiger charge is 2.42. The number of methoxy groups -OCH3 is 4. The largest absolute Gasteiger partial charge is 0.492 e. The maximum Gasteiger partial charge on any atom is 0.260 e. The van der Waals surface area contributed by atoms with Crippen molar-refractivity contribution >= 4 is 10.8 Å². The Bertz CT molecular complexity index is 1010. The summed E-state index contributed by atoms with van der Waals surface area (Å²) in [4.78, 5) is 16.1. The van der Waals surface area contributed by atoms with Gasteiger partial charge in [-0.3, -0.25) is 4.79 Å². The molecule has 11 nitrogen and oxygen atoms in total. The topological polar surface area (TPSA) is 116 Å².